The number of thioether (sulfide) groups is 1. The van der Waals surface area contributed by atoms with Gasteiger partial charge >= 0.3 is 5.97 Å². The molecule has 132 valence electrons. The lowest BCUT2D eigenvalue weighted by Crippen LogP contribution is -2.56. The molecule has 2 aromatic rings. The van der Waals surface area contributed by atoms with Crippen molar-refractivity contribution in [2.75, 3.05) is 11.5 Å². The average molecular weight is 380 g/mol. The maximum Gasteiger partial charge on any atom is 0.329 e. The normalized spacial score (nSPS) is 16.4. The van der Waals surface area contributed by atoms with Crippen molar-refractivity contribution in [1.82, 2.24) is 15.1 Å². The van der Waals surface area contributed by atoms with Gasteiger partial charge in [-0.1, -0.05) is 17.7 Å². The number of rotatable bonds is 4. The molecule has 6 nitrogen and oxygen atoms in total. The largest absolute Gasteiger partial charge is 0.480 e. The first-order chi connectivity index (χ1) is 11.9. The van der Waals surface area contributed by atoms with Crippen LogP contribution in [0.1, 0.15) is 28.9 Å². The summed E-state index contributed by atoms with van der Waals surface area (Å²) >= 11 is 7.71. The summed E-state index contributed by atoms with van der Waals surface area (Å²) < 4.78 is 1.62. The van der Waals surface area contributed by atoms with Crippen molar-refractivity contribution in [1.29, 1.82) is 0 Å². The number of carbonyl (C=O) groups is 2. The maximum atomic E-state index is 12.7. The standard InChI is InChI=1S/C17H18ClN3O3S/c1-11-14(10-19-21(11)13-4-2-3-12(18)9-13)15(22)20-17(16(23)24)5-7-25-8-6-17/h2-4,9-10H,5-8H2,1H3,(H,20,22)(H,23,24). The average Bonchev–Trinajstić information content (AvgIpc) is 2.97. The quantitative estimate of drug-likeness (QED) is 0.853. The van der Waals surface area contributed by atoms with Crippen LogP contribution in [0.3, 0.4) is 0 Å². The summed E-state index contributed by atoms with van der Waals surface area (Å²) in [7, 11) is 0. The van der Waals surface area contributed by atoms with Gasteiger partial charge in [0.25, 0.3) is 5.91 Å². The zero-order valence-corrected chi connectivity index (χ0v) is 15.2. The predicted octanol–water partition coefficient (Wildman–Crippen LogP) is 2.91. The number of aromatic nitrogens is 2. The number of hydrogen-bond acceptors (Lipinski definition) is 4. The van der Waals surface area contributed by atoms with Gasteiger partial charge in [0.05, 0.1) is 23.1 Å². The smallest absolute Gasteiger partial charge is 0.329 e. The summed E-state index contributed by atoms with van der Waals surface area (Å²) in [6, 6.07) is 7.15. The molecule has 2 N–H and O–H groups in total. The second-order valence-electron chi connectivity index (χ2n) is 5.99. The molecule has 0 bridgehead atoms. The monoisotopic (exact) mass is 379 g/mol. The molecular formula is C17H18ClN3O3S. The molecule has 1 fully saturated rings. The van der Waals surface area contributed by atoms with E-state index in [1.165, 1.54) is 6.20 Å². The highest BCUT2D eigenvalue weighted by Crippen LogP contribution is 2.28. The predicted molar refractivity (Wildman–Crippen MR) is 97.7 cm³/mol. The van der Waals surface area contributed by atoms with Crippen molar-refractivity contribution in [3.05, 3.63) is 46.7 Å². The number of carboxylic acid groups (broad SMARTS) is 1. The molecule has 0 radical (unpaired) electrons. The summed E-state index contributed by atoms with van der Waals surface area (Å²) in [5.74, 6) is 0.0295. The van der Waals surface area contributed by atoms with Gasteiger partial charge in [-0.3, -0.25) is 4.79 Å². The Labute approximate surface area is 154 Å². The van der Waals surface area contributed by atoms with Crippen LogP contribution in [0.25, 0.3) is 5.69 Å². The van der Waals surface area contributed by atoms with Crippen LogP contribution < -0.4 is 5.32 Å². The number of nitrogens with zero attached hydrogens (tertiary/aromatic N) is 2. The van der Waals surface area contributed by atoms with Crippen LogP contribution in [0.2, 0.25) is 5.02 Å². The molecule has 25 heavy (non-hydrogen) atoms. The van der Waals surface area contributed by atoms with E-state index in [0.717, 1.165) is 5.69 Å². The van der Waals surface area contributed by atoms with Crippen LogP contribution in [-0.4, -0.2) is 43.8 Å². The Morgan fingerprint density at radius 1 is 1.36 bits per heavy atom. The highest BCUT2D eigenvalue weighted by molar-refractivity contribution is 7.99. The molecule has 1 saturated heterocycles. The molecule has 1 aromatic heterocycles. The van der Waals surface area contributed by atoms with Crippen LogP contribution in [0.15, 0.2) is 30.5 Å². The number of nitrogens with one attached hydrogen (secondary N) is 1. The van der Waals surface area contributed by atoms with Gasteiger partial charge < -0.3 is 10.4 Å². The second kappa shape index (κ2) is 7.09. The van der Waals surface area contributed by atoms with Crippen LogP contribution in [-0.2, 0) is 4.79 Å². The number of benzene rings is 1. The third-order valence-corrected chi connectivity index (χ3v) is 5.64. The van der Waals surface area contributed by atoms with Crippen LogP contribution in [0.5, 0.6) is 0 Å². The first-order valence-corrected chi connectivity index (χ1v) is 9.40. The zero-order valence-electron chi connectivity index (χ0n) is 13.7. The number of aliphatic carboxylic acids is 1. The van der Waals surface area contributed by atoms with E-state index >= 15 is 0 Å². The van der Waals surface area contributed by atoms with Gasteiger partial charge in [-0.2, -0.15) is 16.9 Å². The van der Waals surface area contributed by atoms with Gasteiger partial charge in [-0.05, 0) is 49.5 Å². The van der Waals surface area contributed by atoms with Crippen molar-refractivity contribution in [3.63, 3.8) is 0 Å². The van der Waals surface area contributed by atoms with Gasteiger partial charge in [-0.15, -0.1) is 0 Å². The van der Waals surface area contributed by atoms with E-state index < -0.39 is 17.4 Å². The summed E-state index contributed by atoms with van der Waals surface area (Å²) in [6.07, 6.45) is 2.29. The van der Waals surface area contributed by atoms with Crippen molar-refractivity contribution in [2.45, 2.75) is 25.3 Å². The molecule has 8 heteroatoms. The molecule has 0 unspecified atom stereocenters. The lowest BCUT2D eigenvalue weighted by Gasteiger charge is -2.33. The Kier molecular flexibility index (Phi) is 5.06. The Balaban J connectivity index is 1.87. The topological polar surface area (TPSA) is 84.2 Å². The number of carbonyl (C=O) groups excluding carboxylic acids is 1. The molecule has 3 rings (SSSR count). The fraction of sp³-hybridized carbons (Fsp3) is 0.353. The highest BCUT2D eigenvalue weighted by Gasteiger charge is 2.41. The molecule has 1 amide bonds. The fourth-order valence-corrected chi connectivity index (χ4v) is 4.27. The molecule has 0 aliphatic carbocycles. The van der Waals surface area contributed by atoms with E-state index in [1.807, 2.05) is 6.07 Å². The van der Waals surface area contributed by atoms with Gasteiger partial charge in [0.2, 0.25) is 0 Å². The van der Waals surface area contributed by atoms with Crippen LogP contribution in [0.4, 0.5) is 0 Å². The summed E-state index contributed by atoms with van der Waals surface area (Å²) in [5.41, 5.74) is 0.530. The van der Waals surface area contributed by atoms with E-state index in [0.29, 0.717) is 40.6 Å². The third-order valence-electron chi connectivity index (χ3n) is 4.42. The molecule has 1 aromatic carbocycles. The number of halogens is 1. The summed E-state index contributed by atoms with van der Waals surface area (Å²) in [6.45, 7) is 1.77. The number of amides is 1. The van der Waals surface area contributed by atoms with E-state index in [-0.39, 0.29) is 0 Å². The van der Waals surface area contributed by atoms with Crippen LogP contribution in [0, 0.1) is 6.92 Å². The van der Waals surface area contributed by atoms with Crippen molar-refractivity contribution >= 4 is 35.2 Å². The molecule has 0 spiro atoms. The van der Waals surface area contributed by atoms with Gasteiger partial charge in [0, 0.05) is 5.02 Å². The van der Waals surface area contributed by atoms with Crippen LogP contribution >= 0.6 is 23.4 Å². The maximum absolute atomic E-state index is 12.7. The highest BCUT2D eigenvalue weighted by atomic mass is 35.5. The lowest BCUT2D eigenvalue weighted by molar-refractivity contribution is -0.144. The van der Waals surface area contributed by atoms with Crippen molar-refractivity contribution < 1.29 is 14.7 Å². The minimum Gasteiger partial charge on any atom is -0.480 e. The summed E-state index contributed by atoms with van der Waals surface area (Å²) in [5, 5.41) is 17.2. The molecule has 0 atom stereocenters. The van der Waals surface area contributed by atoms with E-state index in [9.17, 15) is 14.7 Å². The van der Waals surface area contributed by atoms with E-state index in [1.54, 1.807) is 41.6 Å². The second-order valence-corrected chi connectivity index (χ2v) is 7.65. The molecule has 1 aliphatic heterocycles. The summed E-state index contributed by atoms with van der Waals surface area (Å²) in [4.78, 5) is 24.4. The van der Waals surface area contributed by atoms with E-state index in [4.69, 9.17) is 11.6 Å². The Bertz CT molecular complexity index is 815. The lowest BCUT2D eigenvalue weighted by atomic mass is 9.92. The van der Waals surface area contributed by atoms with Crippen molar-refractivity contribution in [2.24, 2.45) is 0 Å². The molecular weight excluding hydrogens is 362 g/mol. The first kappa shape index (κ1) is 17.8. The van der Waals surface area contributed by atoms with Gasteiger partial charge in [0.1, 0.15) is 5.54 Å². The Morgan fingerprint density at radius 2 is 2.08 bits per heavy atom. The zero-order chi connectivity index (χ0) is 18.0. The van der Waals surface area contributed by atoms with Gasteiger partial charge in [-0.25, -0.2) is 9.48 Å². The minimum absolute atomic E-state index is 0.360. The van der Waals surface area contributed by atoms with Gasteiger partial charge in [0.15, 0.2) is 0 Å². The van der Waals surface area contributed by atoms with Crippen molar-refractivity contribution in [3.8, 4) is 5.69 Å². The molecule has 1 aliphatic rings. The fourth-order valence-electron chi connectivity index (χ4n) is 2.90. The number of carboxylic acids is 1. The van der Waals surface area contributed by atoms with E-state index in [2.05, 4.69) is 10.4 Å². The number of hydrogen-bond donors (Lipinski definition) is 2. The Hall–Kier alpha value is -1.99. The third kappa shape index (κ3) is 3.52. The first-order valence-electron chi connectivity index (χ1n) is 7.87. The SMILES string of the molecule is Cc1c(C(=O)NC2(C(=O)O)CCSCC2)cnn1-c1cccc(Cl)c1. The molecule has 0 saturated carbocycles. The Morgan fingerprint density at radius 3 is 2.72 bits per heavy atom. The molecule has 2 heterocycles. The minimum atomic E-state index is -1.20.